The maximum Gasteiger partial charge on any atom is 0.312 e. The summed E-state index contributed by atoms with van der Waals surface area (Å²) in [5, 5.41) is 0. The maximum absolute atomic E-state index is 6.49. The van der Waals surface area contributed by atoms with E-state index in [1.165, 1.54) is 18.9 Å². The minimum atomic E-state index is -2.01. The van der Waals surface area contributed by atoms with Crippen molar-refractivity contribution in [3.8, 4) is 0 Å². The standard InChI is InChI=1S/C13H35NO2Si3/c1-9-11-13-17(3,4)15-19(7,8)16-18(5,6)14-12-10-2/h14H,9-13H2,1-8H3. The van der Waals surface area contributed by atoms with E-state index in [9.17, 15) is 0 Å². The molecule has 0 rings (SSSR count). The van der Waals surface area contributed by atoms with Gasteiger partial charge in [0, 0.05) is 0 Å². The number of unbranched alkanes of at least 4 members (excludes halogenated alkanes) is 1. The van der Waals surface area contributed by atoms with E-state index in [1.54, 1.807) is 0 Å². The molecule has 0 spiro atoms. The molecule has 6 heteroatoms. The summed E-state index contributed by atoms with van der Waals surface area (Å²) < 4.78 is 12.9. The molecule has 116 valence electrons. The molecular weight excluding hydrogens is 286 g/mol. The van der Waals surface area contributed by atoms with Gasteiger partial charge in [0.2, 0.25) is 0 Å². The molecule has 0 heterocycles. The second-order valence-electron chi connectivity index (χ2n) is 6.90. The van der Waals surface area contributed by atoms with Gasteiger partial charge in [-0.05, 0) is 58.3 Å². The molecule has 19 heavy (non-hydrogen) atoms. The van der Waals surface area contributed by atoms with E-state index < -0.39 is 25.4 Å². The largest absolute Gasteiger partial charge is 0.436 e. The van der Waals surface area contributed by atoms with Gasteiger partial charge in [0.1, 0.15) is 0 Å². The Balaban J connectivity index is 4.44. The normalized spacial score (nSPS) is 13.9. The van der Waals surface area contributed by atoms with Crippen LogP contribution in [0.2, 0.25) is 45.3 Å². The number of hydrogen-bond acceptors (Lipinski definition) is 3. The predicted octanol–water partition coefficient (Wildman–Crippen LogP) is 4.43. The van der Waals surface area contributed by atoms with Crippen LogP contribution < -0.4 is 4.98 Å². The van der Waals surface area contributed by atoms with Crippen LogP contribution >= 0.6 is 0 Å². The third-order valence-corrected chi connectivity index (χ3v) is 13.8. The second kappa shape index (κ2) is 8.09. The van der Waals surface area contributed by atoms with Gasteiger partial charge in [-0.25, -0.2) is 0 Å². The first-order valence-corrected chi connectivity index (χ1v) is 16.5. The van der Waals surface area contributed by atoms with E-state index >= 15 is 0 Å². The highest BCUT2D eigenvalue weighted by molar-refractivity contribution is 6.87. The van der Waals surface area contributed by atoms with Crippen molar-refractivity contribution in [1.29, 1.82) is 0 Å². The fourth-order valence-corrected chi connectivity index (χ4v) is 16.0. The molecule has 0 fully saturated rings. The lowest BCUT2D eigenvalue weighted by Crippen LogP contribution is -2.58. The van der Waals surface area contributed by atoms with Crippen LogP contribution in [0.4, 0.5) is 0 Å². The molecule has 0 saturated carbocycles. The molecule has 0 aromatic heterocycles. The SMILES string of the molecule is CCCC[Si](C)(C)O[Si](C)(C)O[Si](C)(C)NCCC. The Morgan fingerprint density at radius 2 is 1.42 bits per heavy atom. The minimum absolute atomic E-state index is 1.04. The zero-order chi connectivity index (χ0) is 15.2. The van der Waals surface area contributed by atoms with Crippen LogP contribution in [-0.2, 0) is 8.23 Å². The average molecular weight is 322 g/mol. The summed E-state index contributed by atoms with van der Waals surface area (Å²) in [4.78, 5) is 3.58. The molecular formula is C13H35NO2Si3. The topological polar surface area (TPSA) is 30.5 Å². The predicted molar refractivity (Wildman–Crippen MR) is 92.6 cm³/mol. The highest BCUT2D eigenvalue weighted by Gasteiger charge is 2.39. The van der Waals surface area contributed by atoms with Gasteiger partial charge in [0.05, 0.1) is 0 Å². The van der Waals surface area contributed by atoms with Gasteiger partial charge in [-0.1, -0.05) is 26.7 Å². The summed E-state index contributed by atoms with van der Waals surface area (Å²) in [6.45, 7) is 19.0. The molecule has 0 aromatic rings. The summed E-state index contributed by atoms with van der Waals surface area (Å²) in [6, 6.07) is 1.24. The van der Waals surface area contributed by atoms with Gasteiger partial charge in [-0.3, -0.25) is 0 Å². The quantitative estimate of drug-likeness (QED) is 0.604. The molecule has 0 amide bonds. The minimum Gasteiger partial charge on any atom is -0.436 e. The molecule has 0 aromatic carbocycles. The highest BCUT2D eigenvalue weighted by Crippen LogP contribution is 2.23. The number of hydrogen-bond donors (Lipinski definition) is 1. The lowest BCUT2D eigenvalue weighted by Gasteiger charge is -2.38. The van der Waals surface area contributed by atoms with Crippen molar-refractivity contribution in [1.82, 2.24) is 4.98 Å². The Labute approximate surface area is 124 Å². The van der Waals surface area contributed by atoms with Crippen LogP contribution in [0.25, 0.3) is 0 Å². The lowest BCUT2D eigenvalue weighted by atomic mass is 10.4. The molecule has 0 radical (unpaired) electrons. The molecule has 3 nitrogen and oxygen atoms in total. The van der Waals surface area contributed by atoms with Crippen molar-refractivity contribution in [3.05, 3.63) is 0 Å². The summed E-state index contributed by atoms with van der Waals surface area (Å²) in [5.41, 5.74) is 0. The molecule has 0 unspecified atom stereocenters. The average Bonchev–Trinajstić information content (AvgIpc) is 2.20. The Morgan fingerprint density at radius 3 is 1.89 bits per heavy atom. The lowest BCUT2D eigenvalue weighted by molar-refractivity contribution is 0.381. The van der Waals surface area contributed by atoms with Gasteiger partial charge in [-0.2, -0.15) is 0 Å². The van der Waals surface area contributed by atoms with Crippen molar-refractivity contribution >= 4 is 25.4 Å². The van der Waals surface area contributed by atoms with Gasteiger partial charge < -0.3 is 13.2 Å². The first kappa shape index (κ1) is 19.5. The van der Waals surface area contributed by atoms with Crippen LogP contribution in [0.1, 0.15) is 33.1 Å². The number of nitrogens with one attached hydrogen (secondary N) is 1. The smallest absolute Gasteiger partial charge is 0.312 e. The van der Waals surface area contributed by atoms with E-state index in [-0.39, 0.29) is 0 Å². The first-order valence-electron chi connectivity index (χ1n) is 7.69. The van der Waals surface area contributed by atoms with Crippen molar-refractivity contribution in [2.45, 2.75) is 78.4 Å². The Bertz CT molecular complexity index is 234. The molecule has 0 saturated heterocycles. The molecule has 0 aliphatic rings. The summed E-state index contributed by atoms with van der Waals surface area (Å²) >= 11 is 0. The van der Waals surface area contributed by atoms with Gasteiger partial charge in [0.25, 0.3) is 8.48 Å². The third-order valence-electron chi connectivity index (χ3n) is 2.96. The van der Waals surface area contributed by atoms with E-state index in [4.69, 9.17) is 8.23 Å². The summed E-state index contributed by atoms with van der Waals surface area (Å²) in [6.07, 6.45) is 3.68. The monoisotopic (exact) mass is 321 g/mol. The fourth-order valence-electron chi connectivity index (χ4n) is 2.42. The highest BCUT2D eigenvalue weighted by atomic mass is 28.5. The molecule has 0 bridgehead atoms. The fraction of sp³-hybridized carbons (Fsp3) is 1.00. The van der Waals surface area contributed by atoms with Crippen LogP contribution in [0.5, 0.6) is 0 Å². The van der Waals surface area contributed by atoms with Crippen molar-refractivity contribution in [2.24, 2.45) is 0 Å². The molecule has 0 aliphatic heterocycles. The summed E-state index contributed by atoms with van der Waals surface area (Å²) in [7, 11) is -5.35. The Kier molecular flexibility index (Phi) is 8.32. The third kappa shape index (κ3) is 9.98. The molecule has 0 aliphatic carbocycles. The zero-order valence-electron chi connectivity index (χ0n) is 14.4. The Hall–Kier alpha value is 0.531. The van der Waals surface area contributed by atoms with E-state index in [2.05, 4.69) is 58.1 Å². The van der Waals surface area contributed by atoms with Crippen molar-refractivity contribution in [3.63, 3.8) is 0 Å². The number of rotatable bonds is 10. The van der Waals surface area contributed by atoms with E-state index in [0.717, 1.165) is 13.0 Å². The Morgan fingerprint density at radius 1 is 0.842 bits per heavy atom. The zero-order valence-corrected chi connectivity index (χ0v) is 17.4. The maximum atomic E-state index is 6.49. The van der Waals surface area contributed by atoms with Gasteiger partial charge in [0.15, 0.2) is 8.32 Å². The van der Waals surface area contributed by atoms with Gasteiger partial charge >= 0.3 is 8.56 Å². The van der Waals surface area contributed by atoms with Gasteiger partial charge in [-0.15, -0.1) is 0 Å². The van der Waals surface area contributed by atoms with E-state index in [0.29, 0.717) is 0 Å². The van der Waals surface area contributed by atoms with Crippen LogP contribution in [0, 0.1) is 0 Å². The van der Waals surface area contributed by atoms with E-state index in [1.807, 2.05) is 0 Å². The van der Waals surface area contributed by atoms with Crippen LogP contribution in [0.15, 0.2) is 0 Å². The second-order valence-corrected chi connectivity index (χ2v) is 18.7. The molecule has 0 atom stereocenters. The molecule has 1 N–H and O–H groups in total. The first-order chi connectivity index (χ1) is 8.54. The van der Waals surface area contributed by atoms with Crippen molar-refractivity contribution in [2.75, 3.05) is 6.54 Å². The van der Waals surface area contributed by atoms with Crippen LogP contribution in [-0.4, -0.2) is 31.9 Å². The van der Waals surface area contributed by atoms with Crippen molar-refractivity contribution < 1.29 is 8.23 Å². The van der Waals surface area contributed by atoms with Crippen LogP contribution in [0.3, 0.4) is 0 Å². The summed E-state index contributed by atoms with van der Waals surface area (Å²) in [5.74, 6) is 0.